The van der Waals surface area contributed by atoms with Crippen LogP contribution in [0.3, 0.4) is 0 Å². The largest absolute Gasteiger partial charge is 0.350 e. The first kappa shape index (κ1) is 18.0. The fraction of sp³-hybridized carbons (Fsp3) is 0.444. The molecule has 4 nitrogen and oxygen atoms in total. The lowest BCUT2D eigenvalue weighted by atomic mass is 10.1. The van der Waals surface area contributed by atoms with Gasteiger partial charge in [-0.05, 0) is 44.4 Å². The molecule has 120 valence electrons. The summed E-state index contributed by atoms with van der Waals surface area (Å²) < 4.78 is 0. The van der Waals surface area contributed by atoms with Crippen LogP contribution in [0.2, 0.25) is 0 Å². The highest BCUT2D eigenvalue weighted by Gasteiger charge is 2.08. The van der Waals surface area contributed by atoms with E-state index in [1.807, 2.05) is 39.0 Å². The van der Waals surface area contributed by atoms with Crippen LogP contribution in [0, 0.1) is 0 Å². The Morgan fingerprint density at radius 2 is 1.82 bits per heavy atom. The maximum absolute atomic E-state index is 12.0. The van der Waals surface area contributed by atoms with Crippen molar-refractivity contribution in [3.8, 4) is 0 Å². The minimum Gasteiger partial charge on any atom is -0.350 e. The van der Waals surface area contributed by atoms with Crippen molar-refractivity contribution < 1.29 is 9.59 Å². The van der Waals surface area contributed by atoms with Crippen LogP contribution in [-0.4, -0.2) is 17.9 Å². The zero-order valence-electron chi connectivity index (χ0n) is 13.9. The van der Waals surface area contributed by atoms with Crippen LogP contribution in [0.1, 0.15) is 56.5 Å². The number of benzene rings is 1. The topological polar surface area (TPSA) is 58.2 Å². The second-order valence-electron chi connectivity index (χ2n) is 5.46. The SMILES string of the molecule is CCC=C(C)C(=O)NCc1ccc(C(=O)NC(C)CC)cc1. The van der Waals surface area contributed by atoms with Crippen LogP contribution in [0.4, 0.5) is 0 Å². The van der Waals surface area contributed by atoms with E-state index < -0.39 is 0 Å². The number of hydrogen-bond acceptors (Lipinski definition) is 2. The number of carbonyl (C=O) groups is 2. The third-order valence-corrected chi connectivity index (χ3v) is 3.53. The average molecular weight is 302 g/mol. The van der Waals surface area contributed by atoms with Gasteiger partial charge in [0.1, 0.15) is 0 Å². The first-order chi connectivity index (χ1) is 10.5. The second-order valence-corrected chi connectivity index (χ2v) is 5.46. The van der Waals surface area contributed by atoms with Crippen molar-refractivity contribution >= 4 is 11.8 Å². The molecule has 22 heavy (non-hydrogen) atoms. The fourth-order valence-corrected chi connectivity index (χ4v) is 1.90. The van der Waals surface area contributed by atoms with Crippen molar-refractivity contribution in [3.63, 3.8) is 0 Å². The standard InChI is InChI=1S/C18H26N2O2/c1-5-7-13(3)17(21)19-12-15-8-10-16(11-9-15)18(22)20-14(4)6-2/h7-11,14H,5-6,12H2,1-4H3,(H,19,21)(H,20,22). The monoisotopic (exact) mass is 302 g/mol. The van der Waals surface area contributed by atoms with E-state index in [-0.39, 0.29) is 17.9 Å². The summed E-state index contributed by atoms with van der Waals surface area (Å²) in [5, 5.41) is 5.79. The lowest BCUT2D eigenvalue weighted by molar-refractivity contribution is -0.117. The van der Waals surface area contributed by atoms with Crippen LogP contribution in [0.25, 0.3) is 0 Å². The molecule has 0 aliphatic carbocycles. The van der Waals surface area contributed by atoms with Gasteiger partial charge in [0.05, 0.1) is 0 Å². The zero-order valence-corrected chi connectivity index (χ0v) is 13.9. The van der Waals surface area contributed by atoms with Gasteiger partial charge in [0.2, 0.25) is 5.91 Å². The molecule has 0 spiro atoms. The molecular formula is C18H26N2O2. The van der Waals surface area contributed by atoms with Crippen LogP contribution < -0.4 is 10.6 Å². The summed E-state index contributed by atoms with van der Waals surface area (Å²) >= 11 is 0. The van der Waals surface area contributed by atoms with Gasteiger partial charge >= 0.3 is 0 Å². The molecule has 1 atom stereocenters. The van der Waals surface area contributed by atoms with Gasteiger partial charge in [-0.1, -0.05) is 32.1 Å². The van der Waals surface area contributed by atoms with Crippen molar-refractivity contribution in [2.24, 2.45) is 0 Å². The maximum Gasteiger partial charge on any atom is 0.251 e. The molecule has 0 heterocycles. The van der Waals surface area contributed by atoms with Crippen molar-refractivity contribution in [1.29, 1.82) is 0 Å². The molecule has 0 aromatic heterocycles. The van der Waals surface area contributed by atoms with E-state index in [2.05, 4.69) is 10.6 Å². The third-order valence-electron chi connectivity index (χ3n) is 3.53. The van der Waals surface area contributed by atoms with Gasteiger partial charge in [0.25, 0.3) is 5.91 Å². The Labute approximate surface area is 133 Å². The Morgan fingerprint density at radius 1 is 1.18 bits per heavy atom. The minimum atomic E-state index is -0.0633. The molecule has 1 unspecified atom stereocenters. The highest BCUT2D eigenvalue weighted by molar-refractivity contribution is 5.94. The molecule has 2 amide bonds. The summed E-state index contributed by atoms with van der Waals surface area (Å²) in [6, 6.07) is 7.47. The lowest BCUT2D eigenvalue weighted by Crippen LogP contribution is -2.31. The maximum atomic E-state index is 12.0. The number of nitrogens with one attached hydrogen (secondary N) is 2. The third kappa shape index (κ3) is 5.72. The van der Waals surface area contributed by atoms with Crippen molar-refractivity contribution in [2.45, 2.75) is 53.1 Å². The molecule has 0 aliphatic rings. The van der Waals surface area contributed by atoms with Crippen molar-refractivity contribution in [3.05, 3.63) is 47.0 Å². The molecule has 0 fully saturated rings. The molecule has 1 aromatic carbocycles. The van der Waals surface area contributed by atoms with Crippen molar-refractivity contribution in [1.82, 2.24) is 10.6 Å². The van der Waals surface area contributed by atoms with Gasteiger partial charge in [-0.25, -0.2) is 0 Å². The van der Waals surface area contributed by atoms with Crippen LogP contribution in [0.15, 0.2) is 35.9 Å². The van der Waals surface area contributed by atoms with E-state index in [1.165, 1.54) is 0 Å². The molecule has 2 N–H and O–H groups in total. The smallest absolute Gasteiger partial charge is 0.251 e. The summed E-state index contributed by atoms with van der Waals surface area (Å²) in [5.41, 5.74) is 2.34. The summed E-state index contributed by atoms with van der Waals surface area (Å²) in [6.07, 6.45) is 3.65. The molecule has 1 aromatic rings. The van der Waals surface area contributed by atoms with Gasteiger partial charge in [0, 0.05) is 23.7 Å². The molecule has 0 aliphatic heterocycles. The Hall–Kier alpha value is -2.10. The summed E-state index contributed by atoms with van der Waals surface area (Å²) in [4.78, 5) is 23.8. The number of amides is 2. The number of hydrogen-bond donors (Lipinski definition) is 2. The van der Waals surface area contributed by atoms with Crippen LogP contribution in [-0.2, 0) is 11.3 Å². The molecule has 4 heteroatoms. The van der Waals surface area contributed by atoms with Crippen LogP contribution in [0.5, 0.6) is 0 Å². The first-order valence-electron chi connectivity index (χ1n) is 7.82. The normalized spacial score (nSPS) is 12.6. The molecule has 0 radical (unpaired) electrons. The first-order valence-corrected chi connectivity index (χ1v) is 7.82. The fourth-order valence-electron chi connectivity index (χ4n) is 1.90. The Balaban J connectivity index is 2.57. The molecule has 0 saturated carbocycles. The molecule has 1 rings (SSSR count). The quantitative estimate of drug-likeness (QED) is 0.760. The van der Waals surface area contributed by atoms with Gasteiger partial charge in [-0.15, -0.1) is 0 Å². The lowest BCUT2D eigenvalue weighted by Gasteiger charge is -2.11. The minimum absolute atomic E-state index is 0.0551. The van der Waals surface area contributed by atoms with E-state index in [4.69, 9.17) is 0 Å². The Kier molecular flexibility index (Phi) is 7.37. The van der Waals surface area contributed by atoms with Gasteiger partial charge in [-0.3, -0.25) is 9.59 Å². The highest BCUT2D eigenvalue weighted by Crippen LogP contribution is 2.06. The average Bonchev–Trinajstić information content (AvgIpc) is 2.53. The Bertz CT molecular complexity index is 533. The van der Waals surface area contributed by atoms with E-state index in [1.54, 1.807) is 19.1 Å². The van der Waals surface area contributed by atoms with E-state index in [9.17, 15) is 9.59 Å². The summed E-state index contributed by atoms with van der Waals surface area (Å²) in [5.74, 6) is -0.118. The highest BCUT2D eigenvalue weighted by atomic mass is 16.2. The zero-order chi connectivity index (χ0) is 16.5. The van der Waals surface area contributed by atoms with Gasteiger partial charge in [-0.2, -0.15) is 0 Å². The van der Waals surface area contributed by atoms with E-state index in [0.29, 0.717) is 12.1 Å². The number of carbonyl (C=O) groups excluding carboxylic acids is 2. The summed E-state index contributed by atoms with van der Waals surface area (Å²) in [7, 11) is 0. The summed E-state index contributed by atoms with van der Waals surface area (Å²) in [6.45, 7) is 8.28. The second kappa shape index (κ2) is 9.03. The van der Waals surface area contributed by atoms with Crippen LogP contribution >= 0.6 is 0 Å². The van der Waals surface area contributed by atoms with Gasteiger partial charge < -0.3 is 10.6 Å². The van der Waals surface area contributed by atoms with Crippen molar-refractivity contribution in [2.75, 3.05) is 0 Å². The molecule has 0 saturated heterocycles. The van der Waals surface area contributed by atoms with E-state index >= 15 is 0 Å². The predicted molar refractivity (Wildman–Crippen MR) is 89.6 cm³/mol. The number of rotatable bonds is 7. The molecule has 0 bridgehead atoms. The molecular weight excluding hydrogens is 276 g/mol. The number of allylic oxidation sites excluding steroid dienone is 1. The predicted octanol–water partition coefficient (Wildman–Crippen LogP) is 3.19. The van der Waals surface area contributed by atoms with E-state index in [0.717, 1.165) is 24.0 Å². The Morgan fingerprint density at radius 3 is 2.36 bits per heavy atom. The van der Waals surface area contributed by atoms with Gasteiger partial charge in [0.15, 0.2) is 0 Å².